The van der Waals surface area contributed by atoms with Gasteiger partial charge in [0, 0.05) is 51.8 Å². The van der Waals surface area contributed by atoms with E-state index in [0.29, 0.717) is 43.5 Å². The Labute approximate surface area is 170 Å². The second kappa shape index (κ2) is 9.60. The van der Waals surface area contributed by atoms with Crippen LogP contribution in [0.3, 0.4) is 0 Å². The summed E-state index contributed by atoms with van der Waals surface area (Å²) in [5, 5.41) is 3.93. The van der Waals surface area contributed by atoms with Gasteiger partial charge >= 0.3 is 0 Å². The van der Waals surface area contributed by atoms with Crippen LogP contribution in [-0.2, 0) is 22.6 Å². The summed E-state index contributed by atoms with van der Waals surface area (Å²) in [5.74, 6) is 0.829. The van der Waals surface area contributed by atoms with Crippen LogP contribution in [0.5, 0.6) is 0 Å². The Kier molecular flexibility index (Phi) is 6.92. The van der Waals surface area contributed by atoms with Crippen LogP contribution < -0.4 is 0 Å². The number of ether oxygens (including phenoxy) is 1. The first-order chi connectivity index (χ1) is 14.0. The van der Waals surface area contributed by atoms with Crippen LogP contribution in [0.4, 0.5) is 0 Å². The summed E-state index contributed by atoms with van der Waals surface area (Å²) in [7, 11) is 1.56. The molecule has 2 aromatic heterocycles. The molecule has 29 heavy (non-hydrogen) atoms. The number of hydrogen-bond donors (Lipinski definition) is 0. The van der Waals surface area contributed by atoms with Gasteiger partial charge in [-0.1, -0.05) is 11.2 Å². The first kappa shape index (κ1) is 20.9. The molecule has 0 saturated carbocycles. The van der Waals surface area contributed by atoms with Gasteiger partial charge in [0.1, 0.15) is 12.3 Å². The third kappa shape index (κ3) is 5.38. The summed E-state index contributed by atoms with van der Waals surface area (Å²) in [6, 6.07) is 5.39. The predicted octanol–water partition coefficient (Wildman–Crippen LogP) is 1.62. The average molecular weight is 401 g/mol. The predicted molar refractivity (Wildman–Crippen MR) is 104 cm³/mol. The summed E-state index contributed by atoms with van der Waals surface area (Å²) in [4.78, 5) is 37.3. The number of nitrogens with zero attached hydrogens (tertiary/aromatic N) is 5. The summed E-state index contributed by atoms with van der Waals surface area (Å²) in [5.41, 5.74) is 1.25. The molecule has 0 spiro atoms. The zero-order valence-electron chi connectivity index (χ0n) is 17.1. The van der Waals surface area contributed by atoms with Gasteiger partial charge in [-0.15, -0.1) is 0 Å². The highest BCUT2D eigenvalue weighted by Gasteiger charge is 2.30. The van der Waals surface area contributed by atoms with Crippen LogP contribution in [-0.4, -0.2) is 69.5 Å². The maximum Gasteiger partial charge on any atom is 0.272 e. The number of hydrogen-bond acceptors (Lipinski definition) is 7. The van der Waals surface area contributed by atoms with Gasteiger partial charge in [0.15, 0.2) is 5.82 Å². The number of likely N-dealkylation sites (tertiary alicyclic amines) is 1. The van der Waals surface area contributed by atoms with Crippen molar-refractivity contribution in [1.82, 2.24) is 24.9 Å². The Balaban J connectivity index is 1.64. The number of aryl methyl sites for hydroxylation is 1. The van der Waals surface area contributed by atoms with Crippen LogP contribution >= 0.6 is 0 Å². The second-order valence-electron chi connectivity index (χ2n) is 7.21. The van der Waals surface area contributed by atoms with Crippen molar-refractivity contribution in [3.05, 3.63) is 41.3 Å². The molecule has 9 heteroatoms. The van der Waals surface area contributed by atoms with Gasteiger partial charge in [0.05, 0.1) is 0 Å². The van der Waals surface area contributed by atoms with Crippen LogP contribution in [0, 0.1) is 6.92 Å². The standard InChI is InChI=1S/C20H27N5O4/c1-14-6-4-8-17(21-14)20(27)24-10-5-7-16(12-24)25(15(2)26)11-9-18-22-19(13-28-3)29-23-18/h4,6,8,16H,5,7,9-13H2,1-3H3. The highest BCUT2D eigenvalue weighted by atomic mass is 16.5. The quantitative estimate of drug-likeness (QED) is 0.695. The van der Waals surface area contributed by atoms with E-state index < -0.39 is 0 Å². The zero-order chi connectivity index (χ0) is 20.8. The van der Waals surface area contributed by atoms with Crippen LogP contribution in [0.1, 0.15) is 47.7 Å². The van der Waals surface area contributed by atoms with Crippen molar-refractivity contribution in [1.29, 1.82) is 0 Å². The van der Waals surface area contributed by atoms with Crippen molar-refractivity contribution in [2.45, 2.75) is 45.8 Å². The van der Waals surface area contributed by atoms with Crippen molar-refractivity contribution in [2.75, 3.05) is 26.7 Å². The van der Waals surface area contributed by atoms with E-state index in [1.807, 2.05) is 19.1 Å². The number of methoxy groups -OCH3 is 1. The minimum atomic E-state index is -0.0933. The fourth-order valence-corrected chi connectivity index (χ4v) is 3.61. The van der Waals surface area contributed by atoms with Crippen molar-refractivity contribution < 1.29 is 18.8 Å². The molecule has 0 radical (unpaired) electrons. The third-order valence-electron chi connectivity index (χ3n) is 4.99. The van der Waals surface area contributed by atoms with Crippen molar-refractivity contribution >= 4 is 11.8 Å². The summed E-state index contributed by atoms with van der Waals surface area (Å²) >= 11 is 0. The minimum absolute atomic E-state index is 0.0291. The summed E-state index contributed by atoms with van der Waals surface area (Å²) in [6.07, 6.45) is 2.18. The normalized spacial score (nSPS) is 16.7. The number of amides is 2. The average Bonchev–Trinajstić information content (AvgIpc) is 3.15. The molecule has 0 aliphatic carbocycles. The molecule has 0 aromatic carbocycles. The smallest absolute Gasteiger partial charge is 0.272 e. The third-order valence-corrected chi connectivity index (χ3v) is 4.99. The Bertz CT molecular complexity index is 853. The SMILES string of the molecule is COCc1nc(CCN(C(C)=O)C2CCCN(C(=O)c3cccc(C)n3)C2)no1. The topological polar surface area (TPSA) is 102 Å². The zero-order valence-corrected chi connectivity index (χ0v) is 17.1. The van der Waals surface area contributed by atoms with E-state index in [1.165, 1.54) is 0 Å². The molecule has 2 amide bonds. The molecule has 2 aromatic rings. The Hall–Kier alpha value is -2.81. The lowest BCUT2D eigenvalue weighted by Gasteiger charge is -2.39. The Morgan fingerprint density at radius 1 is 1.34 bits per heavy atom. The molecule has 1 unspecified atom stereocenters. The van der Waals surface area contributed by atoms with Gasteiger partial charge in [-0.05, 0) is 31.9 Å². The number of carbonyl (C=O) groups is 2. The lowest BCUT2D eigenvalue weighted by atomic mass is 10.0. The molecule has 0 N–H and O–H groups in total. The van der Waals surface area contributed by atoms with Crippen LogP contribution in [0.15, 0.2) is 22.7 Å². The van der Waals surface area contributed by atoms with Crippen molar-refractivity contribution in [3.8, 4) is 0 Å². The molecule has 1 saturated heterocycles. The van der Waals surface area contributed by atoms with E-state index in [4.69, 9.17) is 9.26 Å². The summed E-state index contributed by atoms with van der Waals surface area (Å²) in [6.45, 7) is 5.31. The van der Waals surface area contributed by atoms with Gasteiger partial charge in [0.2, 0.25) is 5.91 Å². The van der Waals surface area contributed by atoms with Crippen molar-refractivity contribution in [2.24, 2.45) is 0 Å². The first-order valence-electron chi connectivity index (χ1n) is 9.78. The maximum atomic E-state index is 12.8. The van der Waals surface area contributed by atoms with Gasteiger partial charge in [0.25, 0.3) is 11.8 Å². The second-order valence-corrected chi connectivity index (χ2v) is 7.21. The summed E-state index contributed by atoms with van der Waals surface area (Å²) < 4.78 is 10.1. The maximum absolute atomic E-state index is 12.8. The molecular formula is C20H27N5O4. The fourth-order valence-electron chi connectivity index (χ4n) is 3.61. The monoisotopic (exact) mass is 401 g/mol. The largest absolute Gasteiger partial charge is 0.375 e. The number of carbonyl (C=O) groups excluding carboxylic acids is 2. The van der Waals surface area contributed by atoms with Crippen LogP contribution in [0.25, 0.3) is 0 Å². The molecule has 3 rings (SSSR count). The van der Waals surface area contributed by atoms with E-state index in [1.54, 1.807) is 29.9 Å². The van der Waals surface area contributed by atoms with E-state index in [9.17, 15) is 9.59 Å². The lowest BCUT2D eigenvalue weighted by Crippen LogP contribution is -2.51. The number of aromatic nitrogens is 3. The molecule has 1 aliphatic heterocycles. The van der Waals surface area contributed by atoms with Gasteiger partial charge in [-0.2, -0.15) is 4.98 Å². The fraction of sp³-hybridized carbons (Fsp3) is 0.550. The van der Waals surface area contributed by atoms with Gasteiger partial charge < -0.3 is 19.1 Å². The molecule has 1 aliphatic rings. The number of pyridine rings is 1. The highest BCUT2D eigenvalue weighted by molar-refractivity contribution is 5.92. The molecule has 3 heterocycles. The van der Waals surface area contributed by atoms with Crippen LogP contribution in [0.2, 0.25) is 0 Å². The number of piperidine rings is 1. The van der Waals surface area contributed by atoms with Gasteiger partial charge in [-0.25, -0.2) is 4.98 Å². The molecule has 0 bridgehead atoms. The van der Waals surface area contributed by atoms with E-state index >= 15 is 0 Å². The lowest BCUT2D eigenvalue weighted by molar-refractivity contribution is -0.132. The molecule has 9 nitrogen and oxygen atoms in total. The van der Waals surface area contributed by atoms with E-state index in [0.717, 1.165) is 18.5 Å². The minimum Gasteiger partial charge on any atom is -0.375 e. The molecule has 1 atom stereocenters. The molecular weight excluding hydrogens is 374 g/mol. The number of rotatable bonds is 7. The van der Waals surface area contributed by atoms with Gasteiger partial charge in [-0.3, -0.25) is 9.59 Å². The molecule has 1 fully saturated rings. The van der Waals surface area contributed by atoms with Crippen molar-refractivity contribution in [3.63, 3.8) is 0 Å². The first-order valence-corrected chi connectivity index (χ1v) is 9.78. The molecule has 156 valence electrons. The van der Waals surface area contributed by atoms with E-state index in [-0.39, 0.29) is 24.5 Å². The Morgan fingerprint density at radius 3 is 2.90 bits per heavy atom. The van der Waals surface area contributed by atoms with E-state index in [2.05, 4.69) is 15.1 Å². The highest BCUT2D eigenvalue weighted by Crippen LogP contribution is 2.19. The Morgan fingerprint density at radius 2 is 2.17 bits per heavy atom.